The van der Waals surface area contributed by atoms with E-state index in [-0.39, 0.29) is 5.41 Å². The van der Waals surface area contributed by atoms with Crippen LogP contribution in [-0.2, 0) is 0 Å². The van der Waals surface area contributed by atoms with Gasteiger partial charge in [0.05, 0.1) is 0 Å². The lowest BCUT2D eigenvalue weighted by Gasteiger charge is -2.38. The molecule has 0 fully saturated rings. The molecule has 0 radical (unpaired) electrons. The van der Waals surface area contributed by atoms with Crippen LogP contribution in [-0.4, -0.2) is 12.3 Å². The van der Waals surface area contributed by atoms with Gasteiger partial charge in [-0.3, -0.25) is 4.99 Å². The third-order valence-corrected chi connectivity index (χ3v) is 2.58. The lowest BCUT2D eigenvalue weighted by atomic mass is 9.70. The average Bonchev–Trinajstić information content (AvgIpc) is 1.83. The van der Waals surface area contributed by atoms with Crippen molar-refractivity contribution >= 4 is 5.71 Å². The minimum absolute atomic E-state index is 0.254. The third kappa shape index (κ3) is 1.88. The molecule has 1 rings (SSSR count). The summed E-state index contributed by atoms with van der Waals surface area (Å²) < 4.78 is 0. The Morgan fingerprint density at radius 1 is 1.25 bits per heavy atom. The first kappa shape index (κ1) is 9.76. The fraction of sp³-hybridized carbons (Fsp3) is 0.909. The van der Waals surface area contributed by atoms with Crippen LogP contribution in [0.15, 0.2) is 4.99 Å². The summed E-state index contributed by atoms with van der Waals surface area (Å²) in [6.45, 7) is 12.5. The highest BCUT2D eigenvalue weighted by Gasteiger charge is 2.34. The van der Waals surface area contributed by atoms with Crippen LogP contribution in [0.25, 0.3) is 0 Å². The van der Waals surface area contributed by atoms with Crippen LogP contribution >= 0.6 is 0 Å². The largest absolute Gasteiger partial charge is 0.293 e. The van der Waals surface area contributed by atoms with E-state index >= 15 is 0 Å². The van der Waals surface area contributed by atoms with Crippen molar-refractivity contribution in [2.45, 2.75) is 47.5 Å². The molecule has 0 amide bonds. The molecular formula is C11H21N. The van der Waals surface area contributed by atoms with Gasteiger partial charge in [-0.2, -0.15) is 0 Å². The van der Waals surface area contributed by atoms with Crippen molar-refractivity contribution in [3.63, 3.8) is 0 Å². The second-order valence-electron chi connectivity index (χ2n) is 5.47. The zero-order valence-electron chi connectivity index (χ0n) is 9.07. The van der Waals surface area contributed by atoms with E-state index in [1.54, 1.807) is 0 Å². The molecule has 1 heterocycles. The molecular weight excluding hydrogens is 146 g/mol. The van der Waals surface area contributed by atoms with Crippen molar-refractivity contribution in [1.29, 1.82) is 0 Å². The zero-order valence-corrected chi connectivity index (χ0v) is 9.07. The van der Waals surface area contributed by atoms with Gasteiger partial charge in [0.1, 0.15) is 0 Å². The lowest BCUT2D eigenvalue weighted by molar-refractivity contribution is 0.387. The molecule has 1 nitrogen and oxygen atoms in total. The van der Waals surface area contributed by atoms with Crippen LogP contribution in [0.3, 0.4) is 0 Å². The Balaban J connectivity index is 2.94. The topological polar surface area (TPSA) is 12.4 Å². The van der Waals surface area contributed by atoms with Gasteiger partial charge in [0.15, 0.2) is 0 Å². The third-order valence-electron chi connectivity index (χ3n) is 2.58. The summed E-state index contributed by atoms with van der Waals surface area (Å²) in [6.07, 6.45) is 2.55. The highest BCUT2D eigenvalue weighted by molar-refractivity contribution is 5.94. The standard InChI is InChI=1S/C11H21N/c1-10(2,3)9-11(4,5)7-6-8-12-9/h6-8H2,1-5H3. The van der Waals surface area contributed by atoms with Gasteiger partial charge in [-0.1, -0.05) is 34.6 Å². The maximum absolute atomic E-state index is 4.67. The van der Waals surface area contributed by atoms with Gasteiger partial charge >= 0.3 is 0 Å². The summed E-state index contributed by atoms with van der Waals surface area (Å²) in [4.78, 5) is 4.67. The van der Waals surface area contributed by atoms with Crippen molar-refractivity contribution in [3.05, 3.63) is 0 Å². The van der Waals surface area contributed by atoms with Crippen LogP contribution in [0.4, 0.5) is 0 Å². The molecule has 0 aromatic heterocycles. The van der Waals surface area contributed by atoms with Crippen LogP contribution in [0.2, 0.25) is 0 Å². The van der Waals surface area contributed by atoms with Crippen LogP contribution in [0, 0.1) is 10.8 Å². The van der Waals surface area contributed by atoms with Gasteiger partial charge in [0, 0.05) is 23.1 Å². The zero-order chi connectivity index (χ0) is 9.41. The number of hydrogen-bond acceptors (Lipinski definition) is 1. The van der Waals surface area contributed by atoms with E-state index in [1.807, 2.05) is 0 Å². The highest BCUT2D eigenvalue weighted by atomic mass is 14.8. The van der Waals surface area contributed by atoms with Crippen LogP contribution in [0.1, 0.15) is 47.5 Å². The second kappa shape index (κ2) is 2.86. The summed E-state index contributed by atoms with van der Waals surface area (Å²) in [5.41, 5.74) is 1.99. The van der Waals surface area contributed by atoms with Crippen molar-refractivity contribution in [2.24, 2.45) is 15.8 Å². The van der Waals surface area contributed by atoms with E-state index in [9.17, 15) is 0 Å². The number of rotatable bonds is 0. The Morgan fingerprint density at radius 2 is 1.83 bits per heavy atom. The minimum Gasteiger partial charge on any atom is -0.293 e. The van der Waals surface area contributed by atoms with E-state index in [2.05, 4.69) is 39.6 Å². The van der Waals surface area contributed by atoms with Crippen LogP contribution < -0.4 is 0 Å². The minimum atomic E-state index is 0.254. The SMILES string of the molecule is CC(C)(C)C1=NCCCC1(C)C. The predicted molar refractivity (Wildman–Crippen MR) is 54.8 cm³/mol. The molecule has 0 aliphatic carbocycles. The molecule has 1 heteroatoms. The lowest BCUT2D eigenvalue weighted by Crippen LogP contribution is -2.37. The van der Waals surface area contributed by atoms with E-state index in [0.717, 1.165) is 6.54 Å². The van der Waals surface area contributed by atoms with Crippen molar-refractivity contribution in [3.8, 4) is 0 Å². The maximum Gasteiger partial charge on any atom is 0.0389 e. The Labute approximate surface area is 76.3 Å². The Hall–Kier alpha value is -0.330. The summed E-state index contributed by atoms with van der Waals surface area (Å²) in [5, 5.41) is 0. The van der Waals surface area contributed by atoms with Gasteiger partial charge < -0.3 is 0 Å². The molecule has 0 atom stereocenters. The molecule has 0 N–H and O–H groups in total. The fourth-order valence-electron chi connectivity index (χ4n) is 2.30. The molecule has 0 spiro atoms. The highest BCUT2D eigenvalue weighted by Crippen LogP contribution is 2.36. The molecule has 0 aromatic rings. The first-order valence-electron chi connectivity index (χ1n) is 4.89. The molecule has 1 aliphatic heterocycles. The molecule has 0 unspecified atom stereocenters. The number of aliphatic imine (C=N–C) groups is 1. The quantitative estimate of drug-likeness (QED) is 0.525. The van der Waals surface area contributed by atoms with Gasteiger partial charge in [-0.05, 0) is 12.8 Å². The number of nitrogens with zero attached hydrogens (tertiary/aromatic N) is 1. The molecule has 70 valence electrons. The fourth-order valence-corrected chi connectivity index (χ4v) is 2.30. The Kier molecular flexibility index (Phi) is 2.33. The van der Waals surface area contributed by atoms with Crippen molar-refractivity contribution in [1.82, 2.24) is 0 Å². The van der Waals surface area contributed by atoms with E-state index < -0.39 is 0 Å². The number of hydrogen-bond donors (Lipinski definition) is 0. The first-order chi connectivity index (χ1) is 5.34. The molecule has 0 saturated carbocycles. The molecule has 12 heavy (non-hydrogen) atoms. The van der Waals surface area contributed by atoms with E-state index in [4.69, 9.17) is 0 Å². The van der Waals surface area contributed by atoms with Crippen molar-refractivity contribution < 1.29 is 0 Å². The smallest absolute Gasteiger partial charge is 0.0389 e. The summed E-state index contributed by atoms with van der Waals surface area (Å²) in [6, 6.07) is 0. The average molecular weight is 167 g/mol. The molecule has 1 aliphatic rings. The van der Waals surface area contributed by atoms with E-state index in [1.165, 1.54) is 18.6 Å². The maximum atomic E-state index is 4.67. The second-order valence-corrected chi connectivity index (χ2v) is 5.47. The Bertz CT molecular complexity index is 194. The molecule has 0 aromatic carbocycles. The molecule has 0 saturated heterocycles. The normalized spacial score (nSPS) is 23.6. The van der Waals surface area contributed by atoms with Crippen LogP contribution in [0.5, 0.6) is 0 Å². The van der Waals surface area contributed by atoms with Crippen molar-refractivity contribution in [2.75, 3.05) is 6.54 Å². The first-order valence-corrected chi connectivity index (χ1v) is 4.89. The predicted octanol–water partition coefficient (Wildman–Crippen LogP) is 3.29. The van der Waals surface area contributed by atoms with Gasteiger partial charge in [0.25, 0.3) is 0 Å². The monoisotopic (exact) mass is 167 g/mol. The summed E-state index contributed by atoms with van der Waals surface area (Å²) in [5.74, 6) is 0. The van der Waals surface area contributed by atoms with Gasteiger partial charge in [0.2, 0.25) is 0 Å². The summed E-state index contributed by atoms with van der Waals surface area (Å²) >= 11 is 0. The molecule has 0 bridgehead atoms. The van der Waals surface area contributed by atoms with E-state index in [0.29, 0.717) is 5.41 Å². The van der Waals surface area contributed by atoms with Gasteiger partial charge in [-0.25, -0.2) is 0 Å². The Morgan fingerprint density at radius 3 is 2.17 bits per heavy atom. The summed E-state index contributed by atoms with van der Waals surface area (Å²) in [7, 11) is 0. The van der Waals surface area contributed by atoms with Gasteiger partial charge in [-0.15, -0.1) is 0 Å².